The van der Waals surface area contributed by atoms with Crippen LogP contribution in [0.2, 0.25) is 0 Å². The average Bonchev–Trinajstić information content (AvgIpc) is 3.32. The number of ether oxygens (including phenoxy) is 3. The molecule has 2 aromatic carbocycles. The number of nitro groups is 1. The van der Waals surface area contributed by atoms with E-state index < -0.39 is 4.92 Å². The Hall–Kier alpha value is -4.28. The van der Waals surface area contributed by atoms with Crippen molar-refractivity contribution in [3.05, 3.63) is 58.9 Å². The number of fused-ring (bicyclic) bond motifs is 1. The Morgan fingerprint density at radius 3 is 2.45 bits per heavy atom. The molecule has 1 aromatic heterocycles. The molecule has 0 aliphatic carbocycles. The van der Waals surface area contributed by atoms with Gasteiger partial charge in [0.15, 0.2) is 11.5 Å². The Morgan fingerprint density at radius 1 is 1.00 bits per heavy atom. The van der Waals surface area contributed by atoms with Crippen molar-refractivity contribution in [1.82, 2.24) is 9.97 Å². The van der Waals surface area contributed by atoms with Gasteiger partial charge in [-0.1, -0.05) is 0 Å². The van der Waals surface area contributed by atoms with Crippen LogP contribution >= 0.6 is 0 Å². The van der Waals surface area contributed by atoms with Gasteiger partial charge in [0.25, 0.3) is 0 Å². The minimum Gasteiger partial charge on any atom is -0.497 e. The Kier molecular flexibility index (Phi) is 5.43. The first-order valence-corrected chi connectivity index (χ1v) is 10.4. The second kappa shape index (κ2) is 8.69. The van der Waals surface area contributed by atoms with E-state index in [1.807, 2.05) is 29.2 Å². The summed E-state index contributed by atoms with van der Waals surface area (Å²) in [6, 6.07) is 13.1. The van der Waals surface area contributed by atoms with E-state index in [9.17, 15) is 10.1 Å². The third-order valence-electron chi connectivity index (χ3n) is 5.64. The number of nitrogens with zero attached hydrogens (tertiary/aromatic N) is 5. The van der Waals surface area contributed by atoms with Gasteiger partial charge < -0.3 is 29.3 Å². The second-order valence-corrected chi connectivity index (χ2v) is 7.52. The molecular weight excluding hydrogens is 428 g/mol. The fourth-order valence-electron chi connectivity index (χ4n) is 3.94. The Balaban J connectivity index is 1.35. The standard InChI is InChI=1S/C22H22N6O5/c1-31-17-5-3-16(4-6-17)26-8-10-27(11-9-26)22-20(28(29)30)21(23-13-24-22)25-15-2-7-18-19(12-15)33-14-32-18/h2-7,12-13H,8-11,14H2,1H3,(H,23,24,25). The lowest BCUT2D eigenvalue weighted by Crippen LogP contribution is -2.47. The lowest BCUT2D eigenvalue weighted by Gasteiger charge is -2.36. The molecule has 0 atom stereocenters. The zero-order valence-corrected chi connectivity index (χ0v) is 17.9. The summed E-state index contributed by atoms with van der Waals surface area (Å²) >= 11 is 0. The van der Waals surface area contributed by atoms with Gasteiger partial charge in [0.1, 0.15) is 12.1 Å². The molecule has 0 saturated carbocycles. The van der Waals surface area contributed by atoms with Gasteiger partial charge in [-0.15, -0.1) is 0 Å². The van der Waals surface area contributed by atoms with Gasteiger partial charge in [0.05, 0.1) is 12.0 Å². The maximum Gasteiger partial charge on any atom is 0.353 e. The van der Waals surface area contributed by atoms with E-state index in [4.69, 9.17) is 14.2 Å². The van der Waals surface area contributed by atoms with E-state index in [0.717, 1.165) is 11.4 Å². The lowest BCUT2D eigenvalue weighted by atomic mass is 10.2. The molecule has 33 heavy (non-hydrogen) atoms. The Bertz CT molecular complexity index is 1160. The Morgan fingerprint density at radius 2 is 1.73 bits per heavy atom. The molecule has 0 amide bonds. The molecule has 0 unspecified atom stereocenters. The molecule has 0 bridgehead atoms. The second-order valence-electron chi connectivity index (χ2n) is 7.52. The summed E-state index contributed by atoms with van der Waals surface area (Å²) < 4.78 is 15.9. The van der Waals surface area contributed by atoms with E-state index in [-0.39, 0.29) is 18.3 Å². The van der Waals surface area contributed by atoms with Crippen molar-refractivity contribution in [2.24, 2.45) is 0 Å². The number of rotatable bonds is 6. The summed E-state index contributed by atoms with van der Waals surface area (Å²) in [5.74, 6) is 2.44. The summed E-state index contributed by atoms with van der Waals surface area (Å²) in [6.45, 7) is 2.75. The molecule has 5 rings (SSSR count). The third-order valence-corrected chi connectivity index (χ3v) is 5.64. The minimum atomic E-state index is -0.444. The number of hydrogen-bond donors (Lipinski definition) is 1. The highest BCUT2D eigenvalue weighted by Crippen LogP contribution is 2.38. The number of anilines is 4. The lowest BCUT2D eigenvalue weighted by molar-refractivity contribution is -0.383. The van der Waals surface area contributed by atoms with Crippen LogP contribution in [0.5, 0.6) is 17.2 Å². The highest BCUT2D eigenvalue weighted by atomic mass is 16.7. The van der Waals surface area contributed by atoms with Gasteiger partial charge in [-0.05, 0) is 36.4 Å². The zero-order valence-electron chi connectivity index (χ0n) is 17.9. The van der Waals surface area contributed by atoms with Crippen molar-refractivity contribution >= 4 is 28.7 Å². The largest absolute Gasteiger partial charge is 0.497 e. The summed E-state index contributed by atoms with van der Waals surface area (Å²) in [6.07, 6.45) is 1.34. The van der Waals surface area contributed by atoms with E-state index in [1.165, 1.54) is 6.33 Å². The van der Waals surface area contributed by atoms with Gasteiger partial charge in [-0.25, -0.2) is 9.97 Å². The normalized spacial score (nSPS) is 14.8. The van der Waals surface area contributed by atoms with Crippen molar-refractivity contribution < 1.29 is 19.1 Å². The SMILES string of the molecule is COc1ccc(N2CCN(c3ncnc(Nc4ccc5c(c4)OCO5)c3[N+](=O)[O-])CC2)cc1. The van der Waals surface area contributed by atoms with Crippen LogP contribution in [0.1, 0.15) is 0 Å². The predicted octanol–water partition coefficient (Wildman–Crippen LogP) is 3.19. The van der Waals surface area contributed by atoms with Crippen LogP contribution < -0.4 is 29.3 Å². The monoisotopic (exact) mass is 450 g/mol. The van der Waals surface area contributed by atoms with Crippen molar-refractivity contribution in [3.63, 3.8) is 0 Å². The van der Waals surface area contributed by atoms with Gasteiger partial charge in [0.2, 0.25) is 18.4 Å². The Labute approximate surface area is 189 Å². The molecule has 2 aliphatic heterocycles. The van der Waals surface area contributed by atoms with E-state index in [1.54, 1.807) is 25.3 Å². The van der Waals surface area contributed by atoms with Crippen molar-refractivity contribution in [3.8, 4) is 17.2 Å². The fourth-order valence-corrected chi connectivity index (χ4v) is 3.94. The molecule has 1 fully saturated rings. The molecule has 1 N–H and O–H groups in total. The van der Waals surface area contributed by atoms with Crippen LogP contribution in [0.15, 0.2) is 48.8 Å². The first-order chi connectivity index (χ1) is 16.1. The topological polar surface area (TPSA) is 115 Å². The van der Waals surface area contributed by atoms with Gasteiger partial charge >= 0.3 is 5.69 Å². The maximum atomic E-state index is 12.0. The molecule has 11 heteroatoms. The molecule has 0 spiro atoms. The molecule has 170 valence electrons. The first kappa shape index (κ1) is 20.6. The van der Waals surface area contributed by atoms with E-state index in [2.05, 4.69) is 20.2 Å². The number of hydrogen-bond acceptors (Lipinski definition) is 10. The quantitative estimate of drug-likeness (QED) is 0.443. The molecule has 3 aromatic rings. The van der Waals surface area contributed by atoms with Crippen molar-refractivity contribution in [1.29, 1.82) is 0 Å². The van der Waals surface area contributed by atoms with Crippen LogP contribution in [0, 0.1) is 10.1 Å². The highest BCUT2D eigenvalue weighted by Gasteiger charge is 2.29. The maximum absolute atomic E-state index is 12.0. The van der Waals surface area contributed by atoms with Gasteiger partial charge in [-0.3, -0.25) is 10.1 Å². The summed E-state index contributed by atoms with van der Waals surface area (Å²) in [5, 5.41) is 15.0. The fraction of sp³-hybridized carbons (Fsp3) is 0.273. The predicted molar refractivity (Wildman–Crippen MR) is 122 cm³/mol. The van der Waals surface area contributed by atoms with Gasteiger partial charge in [0, 0.05) is 43.6 Å². The van der Waals surface area contributed by atoms with Crippen LogP contribution in [-0.2, 0) is 0 Å². The average molecular weight is 450 g/mol. The molecule has 11 nitrogen and oxygen atoms in total. The molecule has 0 radical (unpaired) electrons. The number of nitrogens with one attached hydrogen (secondary N) is 1. The number of methoxy groups -OCH3 is 1. The molecule has 2 aliphatic rings. The zero-order chi connectivity index (χ0) is 22.8. The van der Waals surface area contributed by atoms with Crippen LogP contribution in [-0.4, -0.2) is 55.0 Å². The molecule has 1 saturated heterocycles. The van der Waals surface area contributed by atoms with Crippen LogP contribution in [0.25, 0.3) is 0 Å². The van der Waals surface area contributed by atoms with Crippen molar-refractivity contribution in [2.45, 2.75) is 0 Å². The van der Waals surface area contributed by atoms with E-state index in [0.29, 0.717) is 49.2 Å². The van der Waals surface area contributed by atoms with E-state index >= 15 is 0 Å². The smallest absolute Gasteiger partial charge is 0.353 e. The summed E-state index contributed by atoms with van der Waals surface area (Å²) in [7, 11) is 1.64. The molecular formula is C22H22N6O5. The third kappa shape index (κ3) is 4.12. The molecule has 3 heterocycles. The highest BCUT2D eigenvalue weighted by molar-refractivity contribution is 5.75. The number of piperazine rings is 1. The van der Waals surface area contributed by atoms with Crippen LogP contribution in [0.3, 0.4) is 0 Å². The number of benzene rings is 2. The first-order valence-electron chi connectivity index (χ1n) is 10.4. The minimum absolute atomic E-state index is 0.126. The van der Waals surface area contributed by atoms with Crippen LogP contribution in [0.4, 0.5) is 28.7 Å². The summed E-state index contributed by atoms with van der Waals surface area (Å²) in [5.41, 5.74) is 1.53. The number of aromatic nitrogens is 2. The summed E-state index contributed by atoms with van der Waals surface area (Å²) in [4.78, 5) is 24.1. The van der Waals surface area contributed by atoms with Crippen molar-refractivity contribution in [2.75, 3.05) is 55.2 Å². The van der Waals surface area contributed by atoms with Gasteiger partial charge in [-0.2, -0.15) is 0 Å².